The summed E-state index contributed by atoms with van der Waals surface area (Å²) in [5.74, 6) is 0. The second kappa shape index (κ2) is 6.98. The van der Waals surface area contributed by atoms with Gasteiger partial charge in [0.1, 0.15) is 5.65 Å². The summed E-state index contributed by atoms with van der Waals surface area (Å²) >= 11 is 0. The fourth-order valence-corrected chi connectivity index (χ4v) is 3.79. The molecule has 1 atom stereocenters. The first kappa shape index (κ1) is 16.3. The number of benzene rings is 1. The highest BCUT2D eigenvalue weighted by Gasteiger charge is 2.17. The summed E-state index contributed by atoms with van der Waals surface area (Å²) in [5.41, 5.74) is 5.91. The summed E-state index contributed by atoms with van der Waals surface area (Å²) in [7, 11) is 0. The third-order valence-corrected chi connectivity index (χ3v) is 5.14. The van der Waals surface area contributed by atoms with E-state index in [1.165, 1.54) is 22.1 Å². The van der Waals surface area contributed by atoms with E-state index < -0.39 is 0 Å². The fraction of sp³-hybridized carbons (Fsp3) is 0.381. The number of aryl methyl sites for hydroxylation is 1. The lowest BCUT2D eigenvalue weighted by Crippen LogP contribution is -2.37. The monoisotopic (exact) mass is 335 g/mol. The van der Waals surface area contributed by atoms with Gasteiger partial charge in [0.25, 0.3) is 0 Å². The topological polar surface area (TPSA) is 52.2 Å². The van der Waals surface area contributed by atoms with Crippen molar-refractivity contribution in [2.45, 2.75) is 38.8 Å². The number of hydrogen-bond donors (Lipinski definition) is 2. The standard InChI is InChI=1S/C21H25N3O/c1-2-16-11-22-21-20(16)10-18(12-23-21)17-6-3-5-15(9-17)13-24-8-4-7-19(25)14-24/h3,5-6,9-12,19,25H,2,4,7-8,13-14H2,1H3,(H,22,23). The molecule has 0 saturated carbocycles. The Labute approximate surface area is 148 Å². The number of nitrogens with one attached hydrogen (secondary N) is 1. The quantitative estimate of drug-likeness (QED) is 0.763. The van der Waals surface area contributed by atoms with Gasteiger partial charge in [-0.25, -0.2) is 4.98 Å². The summed E-state index contributed by atoms with van der Waals surface area (Å²) in [4.78, 5) is 10.2. The lowest BCUT2D eigenvalue weighted by atomic mass is 10.0. The van der Waals surface area contributed by atoms with Gasteiger partial charge in [-0.05, 0) is 54.6 Å². The van der Waals surface area contributed by atoms with Crippen LogP contribution in [0.5, 0.6) is 0 Å². The number of rotatable bonds is 4. The smallest absolute Gasteiger partial charge is 0.137 e. The van der Waals surface area contributed by atoms with E-state index in [2.05, 4.69) is 58.3 Å². The molecule has 2 aromatic heterocycles. The van der Waals surface area contributed by atoms with Crippen molar-refractivity contribution < 1.29 is 5.11 Å². The van der Waals surface area contributed by atoms with Crippen molar-refractivity contribution in [2.75, 3.05) is 13.1 Å². The molecule has 1 aromatic carbocycles. The largest absolute Gasteiger partial charge is 0.392 e. The summed E-state index contributed by atoms with van der Waals surface area (Å²) in [5, 5.41) is 11.1. The molecule has 1 saturated heterocycles. The van der Waals surface area contributed by atoms with Crippen LogP contribution in [-0.4, -0.2) is 39.2 Å². The molecule has 130 valence electrons. The van der Waals surface area contributed by atoms with Gasteiger partial charge in [0.15, 0.2) is 0 Å². The number of nitrogens with zero attached hydrogens (tertiary/aromatic N) is 2. The Kier molecular flexibility index (Phi) is 4.55. The summed E-state index contributed by atoms with van der Waals surface area (Å²) in [6.45, 7) is 4.91. The molecule has 3 heterocycles. The van der Waals surface area contributed by atoms with Crippen molar-refractivity contribution >= 4 is 11.0 Å². The highest BCUT2D eigenvalue weighted by atomic mass is 16.3. The van der Waals surface area contributed by atoms with Crippen molar-refractivity contribution in [2.24, 2.45) is 0 Å². The van der Waals surface area contributed by atoms with Crippen molar-refractivity contribution in [1.29, 1.82) is 0 Å². The molecular formula is C21H25N3O. The SMILES string of the molecule is CCc1c[nH]c2ncc(-c3cccc(CN4CCCC(O)C4)c3)cc12. The van der Waals surface area contributed by atoms with Crippen LogP contribution >= 0.6 is 0 Å². The average Bonchev–Trinajstić information content (AvgIpc) is 3.04. The van der Waals surface area contributed by atoms with Crippen LogP contribution < -0.4 is 0 Å². The Bertz CT molecular complexity index is 870. The second-order valence-corrected chi connectivity index (χ2v) is 7.02. The maximum atomic E-state index is 9.87. The number of hydrogen-bond acceptors (Lipinski definition) is 3. The number of likely N-dealkylation sites (tertiary alicyclic amines) is 1. The van der Waals surface area contributed by atoms with Crippen LogP contribution in [0.25, 0.3) is 22.2 Å². The van der Waals surface area contributed by atoms with Gasteiger partial charge < -0.3 is 10.1 Å². The molecule has 4 nitrogen and oxygen atoms in total. The first-order chi connectivity index (χ1) is 12.2. The van der Waals surface area contributed by atoms with Crippen LogP contribution in [0.1, 0.15) is 30.9 Å². The number of fused-ring (bicyclic) bond motifs is 1. The van der Waals surface area contributed by atoms with Gasteiger partial charge in [-0.2, -0.15) is 0 Å². The number of aromatic nitrogens is 2. The van der Waals surface area contributed by atoms with Gasteiger partial charge >= 0.3 is 0 Å². The zero-order valence-corrected chi connectivity index (χ0v) is 14.7. The summed E-state index contributed by atoms with van der Waals surface area (Å²) in [6, 6.07) is 10.9. The molecule has 0 amide bonds. The van der Waals surface area contributed by atoms with Gasteiger partial charge in [-0.15, -0.1) is 0 Å². The Hall–Kier alpha value is -2.17. The van der Waals surface area contributed by atoms with Gasteiger partial charge in [-0.3, -0.25) is 4.90 Å². The summed E-state index contributed by atoms with van der Waals surface area (Å²) < 4.78 is 0. The Morgan fingerprint density at radius 1 is 1.28 bits per heavy atom. The first-order valence-electron chi connectivity index (χ1n) is 9.18. The van der Waals surface area contributed by atoms with E-state index in [0.717, 1.165) is 50.1 Å². The molecule has 3 aromatic rings. The zero-order chi connectivity index (χ0) is 17.2. The highest BCUT2D eigenvalue weighted by Crippen LogP contribution is 2.26. The van der Waals surface area contributed by atoms with Crippen molar-refractivity contribution in [3.8, 4) is 11.1 Å². The van der Waals surface area contributed by atoms with Crippen LogP contribution in [0.15, 0.2) is 42.7 Å². The van der Waals surface area contributed by atoms with Gasteiger partial charge in [0.05, 0.1) is 6.10 Å². The number of pyridine rings is 1. The molecule has 1 fully saturated rings. The molecular weight excluding hydrogens is 310 g/mol. The third-order valence-electron chi connectivity index (χ3n) is 5.14. The molecule has 0 bridgehead atoms. The third kappa shape index (κ3) is 3.46. The minimum absolute atomic E-state index is 0.176. The Morgan fingerprint density at radius 2 is 2.20 bits per heavy atom. The number of H-pyrrole nitrogens is 1. The predicted octanol–water partition coefficient (Wildman–Crippen LogP) is 3.75. The number of aromatic amines is 1. The first-order valence-corrected chi connectivity index (χ1v) is 9.18. The van der Waals surface area contributed by atoms with E-state index in [4.69, 9.17) is 0 Å². The van der Waals surface area contributed by atoms with Crippen LogP contribution in [0.4, 0.5) is 0 Å². The molecule has 4 heteroatoms. The fourth-order valence-electron chi connectivity index (χ4n) is 3.79. The average molecular weight is 335 g/mol. The van der Waals surface area contributed by atoms with Gasteiger partial charge in [0.2, 0.25) is 0 Å². The lowest BCUT2D eigenvalue weighted by molar-refractivity contribution is 0.0668. The number of piperidine rings is 1. The normalized spacial score (nSPS) is 18.7. The van der Waals surface area contributed by atoms with E-state index in [9.17, 15) is 5.11 Å². The van der Waals surface area contributed by atoms with Crippen LogP contribution in [0, 0.1) is 0 Å². The molecule has 0 radical (unpaired) electrons. The Morgan fingerprint density at radius 3 is 3.04 bits per heavy atom. The molecule has 1 unspecified atom stereocenters. The molecule has 1 aliphatic heterocycles. The van der Waals surface area contributed by atoms with Gasteiger partial charge in [0, 0.05) is 36.4 Å². The van der Waals surface area contributed by atoms with E-state index in [0.29, 0.717) is 0 Å². The minimum Gasteiger partial charge on any atom is -0.392 e. The maximum Gasteiger partial charge on any atom is 0.137 e. The highest BCUT2D eigenvalue weighted by molar-refractivity contribution is 5.84. The predicted molar refractivity (Wildman–Crippen MR) is 101 cm³/mol. The van der Waals surface area contributed by atoms with Crippen molar-refractivity contribution in [3.63, 3.8) is 0 Å². The van der Waals surface area contributed by atoms with E-state index in [1.54, 1.807) is 0 Å². The summed E-state index contributed by atoms with van der Waals surface area (Å²) in [6.07, 6.45) is 6.84. The molecule has 1 aliphatic rings. The molecule has 2 N–H and O–H groups in total. The van der Waals surface area contributed by atoms with Crippen LogP contribution in [-0.2, 0) is 13.0 Å². The van der Waals surface area contributed by atoms with Crippen molar-refractivity contribution in [3.05, 3.63) is 53.9 Å². The molecule has 4 rings (SSSR count). The van der Waals surface area contributed by atoms with Crippen LogP contribution in [0.3, 0.4) is 0 Å². The van der Waals surface area contributed by atoms with Gasteiger partial charge in [-0.1, -0.05) is 25.1 Å². The maximum absolute atomic E-state index is 9.87. The zero-order valence-electron chi connectivity index (χ0n) is 14.7. The molecule has 25 heavy (non-hydrogen) atoms. The lowest BCUT2D eigenvalue weighted by Gasteiger charge is -2.30. The second-order valence-electron chi connectivity index (χ2n) is 7.02. The van der Waals surface area contributed by atoms with E-state index in [1.807, 2.05) is 6.20 Å². The van der Waals surface area contributed by atoms with Crippen molar-refractivity contribution in [1.82, 2.24) is 14.9 Å². The molecule has 0 aliphatic carbocycles. The molecule has 0 spiro atoms. The number of β-amino-alcohol motifs (C(OH)–C–C–N with tert-alkyl or cyclic N) is 1. The Balaban J connectivity index is 1.60. The van der Waals surface area contributed by atoms with E-state index in [-0.39, 0.29) is 6.10 Å². The number of aliphatic hydroxyl groups excluding tert-OH is 1. The van der Waals surface area contributed by atoms with E-state index >= 15 is 0 Å². The minimum atomic E-state index is -0.176. The van der Waals surface area contributed by atoms with Crippen LogP contribution in [0.2, 0.25) is 0 Å². The number of aliphatic hydroxyl groups is 1.